The molecule has 0 heterocycles. The maximum atomic E-state index is 12.1. The molecule has 0 atom stereocenters. The predicted octanol–water partition coefficient (Wildman–Crippen LogP) is 3.36. The first kappa shape index (κ1) is 12.9. The van der Waals surface area contributed by atoms with Gasteiger partial charge < -0.3 is 5.32 Å². The number of carbonyl (C=O) groups is 1. The first-order valence-electron chi connectivity index (χ1n) is 6.58. The van der Waals surface area contributed by atoms with E-state index in [2.05, 4.69) is 5.32 Å². The van der Waals surface area contributed by atoms with Crippen molar-refractivity contribution in [3.05, 3.63) is 82.0 Å². The van der Waals surface area contributed by atoms with Crippen LogP contribution < -0.4 is 5.32 Å². The van der Waals surface area contributed by atoms with Crippen LogP contribution in [0.4, 0.5) is 0 Å². The zero-order chi connectivity index (χ0) is 13.9. The standard InChI is InChI=1S/C17H14ClNO/c18-16-7-2-1-4-13(16)10-11-19-17(20)15-9-8-12-5-3-6-14(12)15/h1-9H,10-11H2,(H,19,20). The van der Waals surface area contributed by atoms with Gasteiger partial charge in [-0.15, -0.1) is 0 Å². The minimum atomic E-state index is -0.0294. The largest absolute Gasteiger partial charge is 0.352 e. The molecule has 2 aliphatic carbocycles. The molecule has 0 fully saturated rings. The minimum absolute atomic E-state index is 0.0294. The Bertz CT molecular complexity index is 680. The van der Waals surface area contributed by atoms with Gasteiger partial charge in [-0.1, -0.05) is 54.1 Å². The highest BCUT2D eigenvalue weighted by molar-refractivity contribution is 6.31. The fraction of sp³-hybridized carbons (Fsp3) is 0.118. The van der Waals surface area contributed by atoms with Gasteiger partial charge in [0.15, 0.2) is 0 Å². The quantitative estimate of drug-likeness (QED) is 0.902. The summed E-state index contributed by atoms with van der Waals surface area (Å²) in [6, 6.07) is 7.70. The first-order chi connectivity index (χ1) is 9.75. The highest BCUT2D eigenvalue weighted by Crippen LogP contribution is 2.29. The van der Waals surface area contributed by atoms with Crippen molar-refractivity contribution in [3.8, 4) is 0 Å². The van der Waals surface area contributed by atoms with E-state index in [0.717, 1.165) is 33.7 Å². The van der Waals surface area contributed by atoms with Crippen LogP contribution >= 0.6 is 11.6 Å². The number of halogens is 1. The summed E-state index contributed by atoms with van der Waals surface area (Å²) in [6.45, 7) is 0.579. The van der Waals surface area contributed by atoms with Gasteiger partial charge in [-0.3, -0.25) is 4.79 Å². The van der Waals surface area contributed by atoms with Crippen molar-refractivity contribution in [2.75, 3.05) is 6.54 Å². The summed E-state index contributed by atoms with van der Waals surface area (Å²) < 4.78 is 0. The number of nitrogens with one attached hydrogen (secondary N) is 1. The Morgan fingerprint density at radius 1 is 1.15 bits per heavy atom. The molecular formula is C17H14ClNO. The third-order valence-corrected chi connectivity index (χ3v) is 3.82. The fourth-order valence-corrected chi connectivity index (χ4v) is 2.62. The lowest BCUT2D eigenvalue weighted by atomic mass is 10.1. The van der Waals surface area contributed by atoms with Gasteiger partial charge >= 0.3 is 0 Å². The SMILES string of the molecule is O=C(NCCc1ccccc1Cl)C1=C2C=CC=C2C=C1. The highest BCUT2D eigenvalue weighted by Gasteiger charge is 2.19. The third kappa shape index (κ3) is 2.47. The van der Waals surface area contributed by atoms with E-state index in [-0.39, 0.29) is 5.91 Å². The average molecular weight is 284 g/mol. The van der Waals surface area contributed by atoms with Gasteiger partial charge in [-0.05, 0) is 35.3 Å². The summed E-state index contributed by atoms with van der Waals surface area (Å²) in [5.74, 6) is -0.0294. The predicted molar refractivity (Wildman–Crippen MR) is 81.6 cm³/mol. The number of benzene rings is 1. The third-order valence-electron chi connectivity index (χ3n) is 3.45. The lowest BCUT2D eigenvalue weighted by molar-refractivity contribution is -0.117. The molecule has 0 saturated carbocycles. The monoisotopic (exact) mass is 283 g/mol. The molecule has 20 heavy (non-hydrogen) atoms. The Balaban J connectivity index is 1.60. The number of allylic oxidation sites excluding steroid dienone is 6. The molecule has 1 N–H and O–H groups in total. The van der Waals surface area contributed by atoms with Crippen LogP contribution in [0.15, 0.2) is 71.4 Å². The van der Waals surface area contributed by atoms with Gasteiger partial charge in [-0.2, -0.15) is 0 Å². The molecule has 0 bridgehead atoms. The topological polar surface area (TPSA) is 29.1 Å². The van der Waals surface area contributed by atoms with Crippen molar-refractivity contribution in [2.24, 2.45) is 0 Å². The van der Waals surface area contributed by atoms with Crippen LogP contribution in [0.3, 0.4) is 0 Å². The van der Waals surface area contributed by atoms with E-state index >= 15 is 0 Å². The number of carbonyl (C=O) groups excluding carboxylic acids is 1. The van der Waals surface area contributed by atoms with Crippen LogP contribution in [0.5, 0.6) is 0 Å². The molecule has 0 saturated heterocycles. The summed E-state index contributed by atoms with van der Waals surface area (Å²) >= 11 is 6.09. The van der Waals surface area contributed by atoms with Gasteiger partial charge in [-0.25, -0.2) is 0 Å². The molecule has 0 unspecified atom stereocenters. The van der Waals surface area contributed by atoms with Crippen LogP contribution in [-0.4, -0.2) is 12.5 Å². The van der Waals surface area contributed by atoms with E-state index in [1.165, 1.54) is 0 Å². The second-order valence-electron chi connectivity index (χ2n) is 4.74. The Morgan fingerprint density at radius 3 is 2.85 bits per heavy atom. The summed E-state index contributed by atoms with van der Waals surface area (Å²) in [5, 5.41) is 3.69. The molecular weight excluding hydrogens is 270 g/mol. The van der Waals surface area contributed by atoms with Gasteiger partial charge in [0, 0.05) is 17.1 Å². The molecule has 100 valence electrons. The molecule has 1 aromatic rings. The number of amides is 1. The Hall–Kier alpha value is -2.06. The lowest BCUT2D eigenvalue weighted by Crippen LogP contribution is -2.26. The lowest BCUT2D eigenvalue weighted by Gasteiger charge is -2.07. The molecule has 0 aromatic heterocycles. The zero-order valence-electron chi connectivity index (χ0n) is 10.9. The molecule has 2 nitrogen and oxygen atoms in total. The zero-order valence-corrected chi connectivity index (χ0v) is 11.7. The minimum Gasteiger partial charge on any atom is -0.352 e. The van der Waals surface area contributed by atoms with Crippen LogP contribution in [0.2, 0.25) is 5.02 Å². The van der Waals surface area contributed by atoms with Gasteiger partial charge in [0.2, 0.25) is 0 Å². The van der Waals surface area contributed by atoms with E-state index in [0.29, 0.717) is 6.54 Å². The van der Waals surface area contributed by atoms with Crippen LogP contribution in [0, 0.1) is 0 Å². The number of fused-ring (bicyclic) bond motifs is 1. The molecule has 3 rings (SSSR count). The van der Waals surface area contributed by atoms with Crippen LogP contribution in [0.25, 0.3) is 0 Å². The average Bonchev–Trinajstić information content (AvgIpc) is 3.03. The molecule has 1 aromatic carbocycles. The molecule has 1 amide bonds. The molecule has 0 aliphatic heterocycles. The van der Waals surface area contributed by atoms with Gasteiger partial charge in [0.05, 0.1) is 0 Å². The first-order valence-corrected chi connectivity index (χ1v) is 6.96. The Morgan fingerprint density at radius 2 is 2.00 bits per heavy atom. The number of rotatable bonds is 4. The van der Waals surface area contributed by atoms with E-state index in [1.807, 2.05) is 54.6 Å². The molecule has 3 heteroatoms. The van der Waals surface area contributed by atoms with E-state index in [9.17, 15) is 4.79 Å². The summed E-state index contributed by atoms with van der Waals surface area (Å²) in [6.07, 6.45) is 10.5. The van der Waals surface area contributed by atoms with Crippen LogP contribution in [0.1, 0.15) is 5.56 Å². The maximum absolute atomic E-state index is 12.1. The van der Waals surface area contributed by atoms with E-state index < -0.39 is 0 Å². The van der Waals surface area contributed by atoms with Crippen molar-refractivity contribution in [1.82, 2.24) is 5.32 Å². The molecule has 0 spiro atoms. The number of hydrogen-bond donors (Lipinski definition) is 1. The maximum Gasteiger partial charge on any atom is 0.251 e. The van der Waals surface area contributed by atoms with Crippen molar-refractivity contribution < 1.29 is 4.79 Å². The second-order valence-corrected chi connectivity index (χ2v) is 5.15. The van der Waals surface area contributed by atoms with Crippen molar-refractivity contribution in [3.63, 3.8) is 0 Å². The summed E-state index contributed by atoms with van der Waals surface area (Å²) in [4.78, 5) is 12.1. The van der Waals surface area contributed by atoms with Gasteiger partial charge in [0.25, 0.3) is 5.91 Å². The van der Waals surface area contributed by atoms with E-state index in [1.54, 1.807) is 0 Å². The highest BCUT2D eigenvalue weighted by atomic mass is 35.5. The van der Waals surface area contributed by atoms with Crippen molar-refractivity contribution in [1.29, 1.82) is 0 Å². The Labute approximate surface area is 123 Å². The number of hydrogen-bond acceptors (Lipinski definition) is 1. The second kappa shape index (κ2) is 5.51. The van der Waals surface area contributed by atoms with E-state index in [4.69, 9.17) is 11.6 Å². The smallest absolute Gasteiger partial charge is 0.251 e. The Kier molecular flexibility index (Phi) is 3.57. The van der Waals surface area contributed by atoms with Crippen LogP contribution in [-0.2, 0) is 11.2 Å². The molecule has 0 radical (unpaired) electrons. The fourth-order valence-electron chi connectivity index (χ4n) is 2.39. The van der Waals surface area contributed by atoms with Gasteiger partial charge in [0.1, 0.15) is 0 Å². The summed E-state index contributed by atoms with van der Waals surface area (Å²) in [5.41, 5.74) is 3.92. The van der Waals surface area contributed by atoms with Crippen molar-refractivity contribution >= 4 is 17.5 Å². The van der Waals surface area contributed by atoms with Crippen molar-refractivity contribution in [2.45, 2.75) is 6.42 Å². The summed E-state index contributed by atoms with van der Waals surface area (Å²) in [7, 11) is 0. The molecule has 2 aliphatic rings. The normalized spacial score (nSPS) is 15.6.